The minimum Gasteiger partial charge on any atom is -0.365 e. The van der Waals surface area contributed by atoms with Gasteiger partial charge in [-0.15, -0.1) is 11.3 Å². The molecule has 0 aliphatic carbocycles. The second kappa shape index (κ2) is 6.25. The molecule has 0 unspecified atom stereocenters. The first-order valence-corrected chi connectivity index (χ1v) is 7.45. The fourth-order valence-corrected chi connectivity index (χ4v) is 2.74. The average Bonchev–Trinajstić information content (AvgIpc) is 3.17. The van der Waals surface area contributed by atoms with Gasteiger partial charge in [0.15, 0.2) is 5.78 Å². The van der Waals surface area contributed by atoms with Crippen LogP contribution in [-0.2, 0) is 6.42 Å². The van der Waals surface area contributed by atoms with Crippen LogP contribution in [-0.4, -0.2) is 10.8 Å². The van der Waals surface area contributed by atoms with E-state index in [1.165, 1.54) is 11.3 Å². The molecule has 2 nitrogen and oxygen atoms in total. The van der Waals surface area contributed by atoms with Crippen LogP contribution in [0.15, 0.2) is 60.8 Å². The fraction of sp³-hybridized carbons (Fsp3) is 0.0556. The Labute approximate surface area is 127 Å². The van der Waals surface area contributed by atoms with Gasteiger partial charge in [-0.2, -0.15) is 0 Å². The summed E-state index contributed by atoms with van der Waals surface area (Å²) >= 11 is 1.45. The monoisotopic (exact) mass is 291 g/mol. The van der Waals surface area contributed by atoms with Crippen molar-refractivity contribution < 1.29 is 4.79 Å². The number of ketones is 1. The van der Waals surface area contributed by atoms with Gasteiger partial charge >= 0.3 is 0 Å². The zero-order valence-electron chi connectivity index (χ0n) is 11.3. The highest BCUT2D eigenvalue weighted by atomic mass is 32.1. The zero-order chi connectivity index (χ0) is 14.5. The number of carbonyl (C=O) groups is 1. The van der Waals surface area contributed by atoms with Gasteiger partial charge in [-0.05, 0) is 36.4 Å². The molecular weight excluding hydrogens is 278 g/mol. The SMILES string of the molecule is O=C(Cc1ccc[nH]1)c1ccc(C#Cc2ccccc2)s1. The van der Waals surface area contributed by atoms with E-state index in [9.17, 15) is 4.79 Å². The molecule has 2 aromatic heterocycles. The number of H-pyrrole nitrogens is 1. The maximum absolute atomic E-state index is 12.1. The van der Waals surface area contributed by atoms with Crippen molar-refractivity contribution in [3.8, 4) is 11.8 Å². The number of aromatic amines is 1. The number of hydrogen-bond donors (Lipinski definition) is 1. The molecule has 0 saturated carbocycles. The maximum atomic E-state index is 12.1. The molecule has 0 atom stereocenters. The second-order valence-corrected chi connectivity index (χ2v) is 5.66. The smallest absolute Gasteiger partial charge is 0.178 e. The van der Waals surface area contributed by atoms with Gasteiger partial charge in [-0.25, -0.2) is 0 Å². The lowest BCUT2D eigenvalue weighted by Crippen LogP contribution is -2.00. The van der Waals surface area contributed by atoms with Crippen LogP contribution in [0.3, 0.4) is 0 Å². The summed E-state index contributed by atoms with van der Waals surface area (Å²) in [5, 5.41) is 0. The second-order valence-electron chi connectivity index (χ2n) is 4.58. The van der Waals surface area contributed by atoms with Crippen molar-refractivity contribution in [1.29, 1.82) is 0 Å². The topological polar surface area (TPSA) is 32.9 Å². The Morgan fingerprint density at radius 2 is 1.86 bits per heavy atom. The zero-order valence-corrected chi connectivity index (χ0v) is 12.1. The molecule has 0 amide bonds. The fourth-order valence-electron chi connectivity index (χ4n) is 1.95. The summed E-state index contributed by atoms with van der Waals surface area (Å²) in [6.07, 6.45) is 2.23. The molecule has 102 valence electrons. The highest BCUT2D eigenvalue weighted by Gasteiger charge is 2.09. The van der Waals surface area contributed by atoms with Crippen molar-refractivity contribution in [3.63, 3.8) is 0 Å². The maximum Gasteiger partial charge on any atom is 0.178 e. The first-order valence-electron chi connectivity index (χ1n) is 6.63. The van der Waals surface area contributed by atoms with Gasteiger partial charge in [0.05, 0.1) is 16.2 Å². The van der Waals surface area contributed by atoms with Gasteiger partial charge in [0.1, 0.15) is 0 Å². The Kier molecular flexibility index (Phi) is 3.99. The van der Waals surface area contributed by atoms with Gasteiger partial charge in [-0.1, -0.05) is 30.0 Å². The Bertz CT molecular complexity index is 789. The Hall–Kier alpha value is -2.57. The van der Waals surface area contributed by atoms with E-state index in [1.807, 2.05) is 60.8 Å². The number of aromatic nitrogens is 1. The summed E-state index contributed by atoms with van der Waals surface area (Å²) < 4.78 is 0. The normalized spacial score (nSPS) is 9.90. The number of nitrogens with one attached hydrogen (secondary N) is 1. The number of carbonyl (C=O) groups excluding carboxylic acids is 1. The van der Waals surface area contributed by atoms with Crippen molar-refractivity contribution in [2.45, 2.75) is 6.42 Å². The molecule has 3 aromatic rings. The van der Waals surface area contributed by atoms with E-state index >= 15 is 0 Å². The summed E-state index contributed by atoms with van der Waals surface area (Å²) in [5.74, 6) is 6.33. The standard InChI is InChI=1S/C18H13NOS/c20-17(13-15-7-4-12-19-15)18-11-10-16(21-18)9-8-14-5-2-1-3-6-14/h1-7,10-12,19H,13H2. The molecule has 0 aliphatic rings. The van der Waals surface area contributed by atoms with E-state index in [4.69, 9.17) is 0 Å². The number of benzene rings is 1. The van der Waals surface area contributed by atoms with Gasteiger partial charge in [0.25, 0.3) is 0 Å². The third kappa shape index (κ3) is 3.50. The number of hydrogen-bond acceptors (Lipinski definition) is 2. The molecule has 0 spiro atoms. The lowest BCUT2D eigenvalue weighted by Gasteiger charge is -1.94. The van der Waals surface area contributed by atoms with Gasteiger partial charge in [0.2, 0.25) is 0 Å². The summed E-state index contributed by atoms with van der Waals surface area (Å²) in [6.45, 7) is 0. The Morgan fingerprint density at radius 1 is 1.00 bits per heavy atom. The minimum absolute atomic E-state index is 0.121. The van der Waals surface area contributed by atoms with Crippen LogP contribution in [0.1, 0.15) is 25.8 Å². The number of thiophene rings is 1. The molecule has 0 radical (unpaired) electrons. The molecule has 21 heavy (non-hydrogen) atoms. The summed E-state index contributed by atoms with van der Waals surface area (Å²) in [4.78, 5) is 16.9. The largest absolute Gasteiger partial charge is 0.365 e. The molecule has 3 heteroatoms. The summed E-state index contributed by atoms with van der Waals surface area (Å²) in [5.41, 5.74) is 1.91. The van der Waals surface area contributed by atoms with Crippen LogP contribution in [0, 0.1) is 11.8 Å². The van der Waals surface area contributed by atoms with Crippen molar-refractivity contribution in [2.24, 2.45) is 0 Å². The van der Waals surface area contributed by atoms with Crippen LogP contribution >= 0.6 is 11.3 Å². The number of Topliss-reactive ketones (excluding diaryl/α,β-unsaturated/α-hetero) is 1. The van der Waals surface area contributed by atoms with E-state index in [0.29, 0.717) is 6.42 Å². The Balaban J connectivity index is 1.72. The third-order valence-corrected chi connectivity index (χ3v) is 4.04. The van der Waals surface area contributed by atoms with Crippen molar-refractivity contribution in [1.82, 2.24) is 4.98 Å². The highest BCUT2D eigenvalue weighted by Crippen LogP contribution is 2.17. The summed E-state index contributed by atoms with van der Waals surface area (Å²) in [7, 11) is 0. The minimum atomic E-state index is 0.121. The molecule has 1 aromatic carbocycles. The molecule has 2 heterocycles. The Morgan fingerprint density at radius 3 is 2.62 bits per heavy atom. The van der Waals surface area contributed by atoms with Crippen molar-refractivity contribution in [2.75, 3.05) is 0 Å². The van der Waals surface area contributed by atoms with Crippen LogP contribution in [0.25, 0.3) is 0 Å². The summed E-state index contributed by atoms with van der Waals surface area (Å²) in [6, 6.07) is 17.4. The molecule has 0 saturated heterocycles. The molecule has 0 bridgehead atoms. The van der Waals surface area contributed by atoms with Crippen LogP contribution < -0.4 is 0 Å². The first kappa shape index (κ1) is 13.4. The molecular formula is C18H13NOS. The van der Waals surface area contributed by atoms with Gasteiger partial charge in [-0.3, -0.25) is 4.79 Å². The van der Waals surface area contributed by atoms with Gasteiger partial charge < -0.3 is 4.98 Å². The van der Waals surface area contributed by atoms with Crippen LogP contribution in [0.5, 0.6) is 0 Å². The molecule has 0 fully saturated rings. The number of rotatable bonds is 3. The van der Waals surface area contributed by atoms with Crippen LogP contribution in [0.2, 0.25) is 0 Å². The molecule has 0 aliphatic heterocycles. The van der Waals surface area contributed by atoms with Crippen molar-refractivity contribution in [3.05, 3.63) is 81.8 Å². The highest BCUT2D eigenvalue weighted by molar-refractivity contribution is 7.14. The van der Waals surface area contributed by atoms with Crippen molar-refractivity contribution >= 4 is 17.1 Å². The molecule has 1 N–H and O–H groups in total. The van der Waals surface area contributed by atoms with E-state index in [-0.39, 0.29) is 5.78 Å². The lowest BCUT2D eigenvalue weighted by molar-refractivity contribution is 0.0996. The van der Waals surface area contributed by atoms with Crippen LogP contribution in [0.4, 0.5) is 0 Å². The third-order valence-electron chi connectivity index (χ3n) is 3.00. The predicted molar refractivity (Wildman–Crippen MR) is 85.6 cm³/mol. The average molecular weight is 291 g/mol. The quantitative estimate of drug-likeness (QED) is 0.576. The lowest BCUT2D eigenvalue weighted by atomic mass is 10.2. The molecule has 3 rings (SSSR count). The van der Waals surface area contributed by atoms with E-state index in [2.05, 4.69) is 16.8 Å². The predicted octanol–water partition coefficient (Wildman–Crippen LogP) is 3.90. The van der Waals surface area contributed by atoms with E-state index in [0.717, 1.165) is 21.0 Å². The first-order chi connectivity index (χ1) is 10.3. The van der Waals surface area contributed by atoms with Gasteiger partial charge in [0, 0.05) is 17.5 Å². The van der Waals surface area contributed by atoms with E-state index in [1.54, 1.807) is 0 Å². The van der Waals surface area contributed by atoms with E-state index < -0.39 is 0 Å².